The highest BCUT2D eigenvalue weighted by Crippen LogP contribution is 2.20. The molecule has 0 bridgehead atoms. The van der Waals surface area contributed by atoms with E-state index >= 15 is 0 Å². The lowest BCUT2D eigenvalue weighted by molar-refractivity contribution is -0.119. The van der Waals surface area contributed by atoms with Crippen molar-refractivity contribution in [3.8, 4) is 5.69 Å². The fourth-order valence-electron chi connectivity index (χ4n) is 2.29. The van der Waals surface area contributed by atoms with Crippen molar-refractivity contribution in [2.24, 2.45) is 0 Å². The number of nitrogens with one attached hydrogen (secondary N) is 1. The Labute approximate surface area is 128 Å². The first-order valence-electron chi connectivity index (χ1n) is 7.04. The molecule has 0 aliphatic rings. The molecule has 0 spiro atoms. The molecule has 0 saturated carbocycles. The summed E-state index contributed by atoms with van der Waals surface area (Å²) in [5, 5.41) is 11.3. The van der Waals surface area contributed by atoms with Crippen molar-refractivity contribution in [1.29, 1.82) is 0 Å². The molecule has 110 valence electrons. The lowest BCUT2D eigenvalue weighted by atomic mass is 10.0. The van der Waals surface area contributed by atoms with Gasteiger partial charge in [0.2, 0.25) is 5.91 Å². The summed E-state index contributed by atoms with van der Waals surface area (Å²) < 4.78 is 1.70. The maximum absolute atomic E-state index is 11.5. The average molecular weight is 292 g/mol. The zero-order chi connectivity index (χ0) is 15.4. The smallest absolute Gasteiger partial charge is 0.217 e. The van der Waals surface area contributed by atoms with Crippen molar-refractivity contribution in [1.82, 2.24) is 20.3 Å². The predicted octanol–water partition coefficient (Wildman–Crippen LogP) is 2.49. The third-order valence-corrected chi connectivity index (χ3v) is 3.31. The van der Waals surface area contributed by atoms with E-state index in [0.717, 1.165) is 11.3 Å². The molecule has 0 unspecified atom stereocenters. The van der Waals surface area contributed by atoms with Crippen LogP contribution in [0.4, 0.5) is 0 Å². The number of nitrogens with zero attached hydrogens (tertiary/aromatic N) is 3. The Hall–Kier alpha value is -2.95. The van der Waals surface area contributed by atoms with E-state index in [2.05, 4.69) is 15.6 Å². The number of benzene rings is 2. The summed E-state index contributed by atoms with van der Waals surface area (Å²) >= 11 is 0. The van der Waals surface area contributed by atoms with Gasteiger partial charge in [-0.25, -0.2) is 4.68 Å². The topological polar surface area (TPSA) is 59.8 Å². The number of aromatic nitrogens is 3. The second-order valence-electron chi connectivity index (χ2n) is 4.97. The van der Waals surface area contributed by atoms with Crippen LogP contribution in [0.25, 0.3) is 5.69 Å². The highest BCUT2D eigenvalue weighted by Gasteiger charge is 2.18. The molecule has 0 fully saturated rings. The lowest BCUT2D eigenvalue weighted by Crippen LogP contribution is -2.27. The molecule has 0 aliphatic carbocycles. The molecule has 3 aromatic rings. The van der Waals surface area contributed by atoms with E-state index in [1.54, 1.807) is 4.68 Å². The van der Waals surface area contributed by atoms with Crippen LogP contribution in [-0.2, 0) is 4.79 Å². The number of carbonyl (C=O) groups is 1. The van der Waals surface area contributed by atoms with Crippen LogP contribution in [0.1, 0.15) is 24.2 Å². The van der Waals surface area contributed by atoms with Gasteiger partial charge in [0.15, 0.2) is 0 Å². The molecule has 1 atom stereocenters. The van der Waals surface area contributed by atoms with Crippen molar-refractivity contribution in [3.05, 3.63) is 78.1 Å². The van der Waals surface area contributed by atoms with Crippen molar-refractivity contribution in [2.75, 3.05) is 0 Å². The summed E-state index contributed by atoms with van der Waals surface area (Å²) in [5.41, 5.74) is 2.60. The van der Waals surface area contributed by atoms with Gasteiger partial charge in [0.05, 0.1) is 17.9 Å². The summed E-state index contributed by atoms with van der Waals surface area (Å²) in [4.78, 5) is 11.5. The molecule has 0 radical (unpaired) electrons. The Balaban J connectivity index is 1.95. The fourth-order valence-corrected chi connectivity index (χ4v) is 2.29. The summed E-state index contributed by atoms with van der Waals surface area (Å²) in [6.07, 6.45) is 1.84. The molecule has 2 aromatic carbocycles. The van der Waals surface area contributed by atoms with Gasteiger partial charge < -0.3 is 5.32 Å². The maximum atomic E-state index is 11.5. The summed E-state index contributed by atoms with van der Waals surface area (Å²) in [5.74, 6) is -0.108. The minimum atomic E-state index is -0.309. The van der Waals surface area contributed by atoms with E-state index in [1.807, 2.05) is 66.9 Å². The molecule has 22 heavy (non-hydrogen) atoms. The summed E-state index contributed by atoms with van der Waals surface area (Å²) in [6.45, 7) is 1.50. The van der Waals surface area contributed by atoms with E-state index < -0.39 is 0 Å². The summed E-state index contributed by atoms with van der Waals surface area (Å²) in [6, 6.07) is 19.2. The molecule has 0 saturated heterocycles. The van der Waals surface area contributed by atoms with Gasteiger partial charge in [0.25, 0.3) is 0 Å². The standard InChI is InChI=1S/C17H16N4O/c1-13(22)18-17(14-8-4-2-5-9-14)16-12-21(20-19-16)15-10-6-3-7-11-15/h2-12,17H,1H3,(H,18,22)/t17-/m1/s1. The number of para-hydroxylation sites is 1. The molecular weight excluding hydrogens is 276 g/mol. The van der Waals surface area contributed by atoms with Crippen LogP contribution < -0.4 is 5.32 Å². The van der Waals surface area contributed by atoms with E-state index in [4.69, 9.17) is 0 Å². The molecule has 1 aromatic heterocycles. The van der Waals surface area contributed by atoms with Crippen LogP contribution in [0, 0.1) is 0 Å². The number of hydrogen-bond acceptors (Lipinski definition) is 3. The van der Waals surface area contributed by atoms with E-state index in [-0.39, 0.29) is 11.9 Å². The van der Waals surface area contributed by atoms with E-state index in [9.17, 15) is 4.79 Å². The monoisotopic (exact) mass is 292 g/mol. The first-order valence-corrected chi connectivity index (χ1v) is 7.04. The van der Waals surface area contributed by atoms with Crippen LogP contribution in [0.3, 0.4) is 0 Å². The second-order valence-corrected chi connectivity index (χ2v) is 4.97. The second kappa shape index (κ2) is 6.22. The molecule has 0 aliphatic heterocycles. The normalized spacial score (nSPS) is 11.9. The average Bonchev–Trinajstić information content (AvgIpc) is 3.04. The van der Waals surface area contributed by atoms with Gasteiger partial charge in [-0.2, -0.15) is 0 Å². The number of carbonyl (C=O) groups excluding carboxylic acids is 1. The van der Waals surface area contributed by atoms with Crippen LogP contribution >= 0.6 is 0 Å². The van der Waals surface area contributed by atoms with E-state index in [1.165, 1.54) is 6.92 Å². The zero-order valence-corrected chi connectivity index (χ0v) is 12.2. The molecular formula is C17H16N4O. The Morgan fingerprint density at radius 2 is 1.68 bits per heavy atom. The van der Waals surface area contributed by atoms with Gasteiger partial charge >= 0.3 is 0 Å². The maximum Gasteiger partial charge on any atom is 0.217 e. The van der Waals surface area contributed by atoms with Crippen molar-refractivity contribution < 1.29 is 4.79 Å². The first kappa shape index (κ1) is 14.0. The minimum Gasteiger partial charge on any atom is -0.344 e. The fraction of sp³-hybridized carbons (Fsp3) is 0.118. The highest BCUT2D eigenvalue weighted by molar-refractivity contribution is 5.74. The molecule has 5 heteroatoms. The quantitative estimate of drug-likeness (QED) is 0.803. The Bertz CT molecular complexity index is 753. The van der Waals surface area contributed by atoms with Gasteiger partial charge in [0.1, 0.15) is 5.69 Å². The summed E-state index contributed by atoms with van der Waals surface area (Å²) in [7, 11) is 0. The van der Waals surface area contributed by atoms with Gasteiger partial charge in [-0.15, -0.1) is 5.10 Å². The third kappa shape index (κ3) is 3.03. The molecule has 5 nitrogen and oxygen atoms in total. The number of hydrogen-bond donors (Lipinski definition) is 1. The SMILES string of the molecule is CC(=O)N[C@H](c1ccccc1)c1cn(-c2ccccc2)nn1. The highest BCUT2D eigenvalue weighted by atomic mass is 16.1. The van der Waals surface area contributed by atoms with Gasteiger partial charge in [-0.3, -0.25) is 4.79 Å². The van der Waals surface area contributed by atoms with Gasteiger partial charge in [0, 0.05) is 6.92 Å². The molecule has 1 amide bonds. The van der Waals surface area contributed by atoms with E-state index in [0.29, 0.717) is 5.69 Å². The van der Waals surface area contributed by atoms with Crippen molar-refractivity contribution in [3.63, 3.8) is 0 Å². The first-order chi connectivity index (χ1) is 10.7. The van der Waals surface area contributed by atoms with Crippen LogP contribution in [0.2, 0.25) is 0 Å². The lowest BCUT2D eigenvalue weighted by Gasteiger charge is -2.15. The van der Waals surface area contributed by atoms with Gasteiger partial charge in [-0.05, 0) is 17.7 Å². The number of rotatable bonds is 4. The zero-order valence-electron chi connectivity index (χ0n) is 12.2. The molecule has 1 N–H and O–H groups in total. The largest absolute Gasteiger partial charge is 0.344 e. The molecule has 3 rings (SSSR count). The Morgan fingerprint density at radius 3 is 2.32 bits per heavy atom. The van der Waals surface area contributed by atoms with Crippen LogP contribution in [-0.4, -0.2) is 20.9 Å². The van der Waals surface area contributed by atoms with Crippen LogP contribution in [0.5, 0.6) is 0 Å². The van der Waals surface area contributed by atoms with Crippen molar-refractivity contribution in [2.45, 2.75) is 13.0 Å². The Morgan fingerprint density at radius 1 is 1.05 bits per heavy atom. The molecule has 1 heterocycles. The van der Waals surface area contributed by atoms with Gasteiger partial charge in [-0.1, -0.05) is 53.7 Å². The third-order valence-electron chi connectivity index (χ3n) is 3.31. The van der Waals surface area contributed by atoms with Crippen LogP contribution in [0.15, 0.2) is 66.9 Å². The Kier molecular flexibility index (Phi) is 3.96. The number of amides is 1. The predicted molar refractivity (Wildman–Crippen MR) is 83.5 cm³/mol. The minimum absolute atomic E-state index is 0.108. The van der Waals surface area contributed by atoms with Crippen molar-refractivity contribution >= 4 is 5.91 Å².